The van der Waals surface area contributed by atoms with Crippen molar-refractivity contribution in [3.63, 3.8) is 0 Å². The van der Waals surface area contributed by atoms with Crippen molar-refractivity contribution in [2.45, 2.75) is 22.9 Å². The standard InChI is InChI=1S/C14H15NO2S/c1-10(16)11-6-7-15-14(8-11)18-13-5-3-4-12(9-13)17-2/h3-10,16H,1-2H3. The molecule has 0 aliphatic rings. The highest BCUT2D eigenvalue weighted by molar-refractivity contribution is 7.99. The maximum absolute atomic E-state index is 9.54. The number of nitrogens with zero attached hydrogens (tertiary/aromatic N) is 1. The lowest BCUT2D eigenvalue weighted by molar-refractivity contribution is 0.199. The average molecular weight is 261 g/mol. The molecule has 3 nitrogen and oxygen atoms in total. The van der Waals surface area contributed by atoms with Crippen LogP contribution in [0.4, 0.5) is 0 Å². The summed E-state index contributed by atoms with van der Waals surface area (Å²) in [5, 5.41) is 10.4. The van der Waals surface area contributed by atoms with Gasteiger partial charge in [-0.2, -0.15) is 0 Å². The van der Waals surface area contributed by atoms with E-state index in [1.807, 2.05) is 36.4 Å². The lowest BCUT2D eigenvalue weighted by atomic mass is 10.2. The lowest BCUT2D eigenvalue weighted by Gasteiger charge is -2.07. The van der Waals surface area contributed by atoms with Crippen LogP contribution in [0.2, 0.25) is 0 Å². The lowest BCUT2D eigenvalue weighted by Crippen LogP contribution is -1.92. The van der Waals surface area contributed by atoms with Gasteiger partial charge in [0.15, 0.2) is 0 Å². The number of methoxy groups -OCH3 is 1. The molecule has 1 atom stereocenters. The largest absolute Gasteiger partial charge is 0.497 e. The fraction of sp³-hybridized carbons (Fsp3) is 0.214. The maximum Gasteiger partial charge on any atom is 0.119 e. The van der Waals surface area contributed by atoms with Gasteiger partial charge in [0, 0.05) is 11.1 Å². The Morgan fingerprint density at radius 2 is 2.11 bits per heavy atom. The Hall–Kier alpha value is -1.52. The van der Waals surface area contributed by atoms with E-state index >= 15 is 0 Å². The summed E-state index contributed by atoms with van der Waals surface area (Å²) in [4.78, 5) is 5.34. The third-order valence-electron chi connectivity index (χ3n) is 2.50. The van der Waals surface area contributed by atoms with Gasteiger partial charge >= 0.3 is 0 Å². The summed E-state index contributed by atoms with van der Waals surface area (Å²) in [5.74, 6) is 0.826. The highest BCUT2D eigenvalue weighted by Gasteiger charge is 2.04. The van der Waals surface area contributed by atoms with Crippen molar-refractivity contribution in [1.82, 2.24) is 4.98 Å². The molecule has 0 aliphatic carbocycles. The minimum atomic E-state index is -0.474. The van der Waals surface area contributed by atoms with Crippen molar-refractivity contribution in [2.75, 3.05) is 7.11 Å². The van der Waals surface area contributed by atoms with Crippen LogP contribution in [0, 0.1) is 0 Å². The van der Waals surface area contributed by atoms with E-state index in [1.54, 1.807) is 32.0 Å². The van der Waals surface area contributed by atoms with Crippen LogP contribution in [0.15, 0.2) is 52.5 Å². The molecule has 94 valence electrons. The second kappa shape index (κ2) is 5.89. The molecule has 0 aliphatic heterocycles. The zero-order chi connectivity index (χ0) is 13.0. The van der Waals surface area contributed by atoms with Gasteiger partial charge in [-0.05, 0) is 42.8 Å². The van der Waals surface area contributed by atoms with Gasteiger partial charge in [0.1, 0.15) is 10.8 Å². The highest BCUT2D eigenvalue weighted by atomic mass is 32.2. The minimum absolute atomic E-state index is 0.474. The molecule has 2 aromatic rings. The topological polar surface area (TPSA) is 42.4 Å². The quantitative estimate of drug-likeness (QED) is 0.917. The monoisotopic (exact) mass is 261 g/mol. The number of benzene rings is 1. The summed E-state index contributed by atoms with van der Waals surface area (Å²) < 4.78 is 5.18. The van der Waals surface area contributed by atoms with E-state index in [0.717, 1.165) is 21.2 Å². The molecule has 0 spiro atoms. The van der Waals surface area contributed by atoms with Crippen LogP contribution in [0.25, 0.3) is 0 Å². The van der Waals surface area contributed by atoms with E-state index in [9.17, 15) is 5.11 Å². The van der Waals surface area contributed by atoms with Gasteiger partial charge in [-0.25, -0.2) is 4.98 Å². The van der Waals surface area contributed by atoms with Crippen molar-refractivity contribution >= 4 is 11.8 Å². The number of pyridine rings is 1. The molecule has 18 heavy (non-hydrogen) atoms. The van der Waals surface area contributed by atoms with Gasteiger partial charge in [0.25, 0.3) is 0 Å². The first-order valence-corrected chi connectivity index (χ1v) is 6.46. The van der Waals surface area contributed by atoms with Crippen molar-refractivity contribution in [3.8, 4) is 5.75 Å². The Morgan fingerprint density at radius 3 is 2.83 bits per heavy atom. The molecule has 1 aromatic carbocycles. The first kappa shape index (κ1) is 12.9. The molecule has 0 amide bonds. The van der Waals surface area contributed by atoms with Crippen LogP contribution in [0.5, 0.6) is 5.75 Å². The van der Waals surface area contributed by atoms with Crippen molar-refractivity contribution in [3.05, 3.63) is 48.2 Å². The molecule has 0 saturated carbocycles. The molecule has 1 unspecified atom stereocenters. The zero-order valence-corrected chi connectivity index (χ0v) is 11.1. The Morgan fingerprint density at radius 1 is 1.28 bits per heavy atom. The molecular formula is C14H15NO2S. The number of rotatable bonds is 4. The van der Waals surface area contributed by atoms with Gasteiger partial charge < -0.3 is 9.84 Å². The molecule has 1 heterocycles. The Bertz CT molecular complexity index is 529. The second-order valence-electron chi connectivity index (χ2n) is 3.88. The van der Waals surface area contributed by atoms with E-state index in [1.165, 1.54) is 0 Å². The van der Waals surface area contributed by atoms with Crippen LogP contribution in [0.3, 0.4) is 0 Å². The summed E-state index contributed by atoms with van der Waals surface area (Å²) in [6.45, 7) is 1.75. The number of aliphatic hydroxyl groups excluding tert-OH is 1. The Labute approximate surface area is 111 Å². The van der Waals surface area contributed by atoms with Gasteiger partial charge in [0.2, 0.25) is 0 Å². The Kier molecular flexibility index (Phi) is 4.23. The molecule has 1 N–H and O–H groups in total. The average Bonchev–Trinajstić information content (AvgIpc) is 2.39. The number of aromatic nitrogens is 1. The van der Waals surface area contributed by atoms with Crippen molar-refractivity contribution < 1.29 is 9.84 Å². The fourth-order valence-electron chi connectivity index (χ4n) is 1.53. The van der Waals surface area contributed by atoms with Crippen LogP contribution in [0.1, 0.15) is 18.6 Å². The minimum Gasteiger partial charge on any atom is -0.497 e. The first-order valence-electron chi connectivity index (χ1n) is 5.65. The molecular weight excluding hydrogens is 246 g/mol. The summed E-state index contributed by atoms with van der Waals surface area (Å²) in [7, 11) is 1.65. The SMILES string of the molecule is COc1cccc(Sc2cc(C(C)O)ccn2)c1. The van der Waals surface area contributed by atoms with E-state index < -0.39 is 6.10 Å². The van der Waals surface area contributed by atoms with Gasteiger partial charge in [-0.1, -0.05) is 17.8 Å². The molecule has 0 saturated heterocycles. The maximum atomic E-state index is 9.54. The smallest absolute Gasteiger partial charge is 0.119 e. The molecule has 2 rings (SSSR count). The van der Waals surface area contributed by atoms with Crippen LogP contribution in [-0.4, -0.2) is 17.2 Å². The predicted octanol–water partition coefficient (Wildman–Crippen LogP) is 3.29. The Balaban J connectivity index is 2.20. The van der Waals surface area contributed by atoms with Crippen LogP contribution in [-0.2, 0) is 0 Å². The summed E-state index contributed by atoms with van der Waals surface area (Å²) in [5.41, 5.74) is 0.871. The van der Waals surface area contributed by atoms with Crippen LogP contribution >= 0.6 is 11.8 Å². The molecule has 0 fully saturated rings. The van der Waals surface area contributed by atoms with E-state index in [0.29, 0.717) is 0 Å². The van der Waals surface area contributed by atoms with E-state index in [4.69, 9.17) is 4.74 Å². The third kappa shape index (κ3) is 3.24. The molecule has 0 radical (unpaired) electrons. The number of aliphatic hydroxyl groups is 1. The molecule has 0 bridgehead atoms. The van der Waals surface area contributed by atoms with Gasteiger partial charge in [0.05, 0.1) is 13.2 Å². The predicted molar refractivity (Wildman–Crippen MR) is 72.0 cm³/mol. The second-order valence-corrected chi connectivity index (χ2v) is 4.98. The molecule has 4 heteroatoms. The first-order chi connectivity index (χ1) is 8.69. The van der Waals surface area contributed by atoms with Gasteiger partial charge in [-0.15, -0.1) is 0 Å². The van der Waals surface area contributed by atoms with Crippen LogP contribution < -0.4 is 4.74 Å². The van der Waals surface area contributed by atoms with E-state index in [-0.39, 0.29) is 0 Å². The molecule has 1 aromatic heterocycles. The number of hydrogen-bond acceptors (Lipinski definition) is 4. The zero-order valence-electron chi connectivity index (χ0n) is 10.3. The number of hydrogen-bond donors (Lipinski definition) is 1. The van der Waals surface area contributed by atoms with E-state index in [2.05, 4.69) is 4.98 Å². The summed E-state index contributed by atoms with van der Waals surface area (Å²) in [6, 6.07) is 11.5. The van der Waals surface area contributed by atoms with Crippen molar-refractivity contribution in [1.29, 1.82) is 0 Å². The third-order valence-corrected chi connectivity index (χ3v) is 3.43. The fourth-order valence-corrected chi connectivity index (χ4v) is 2.40. The number of ether oxygens (including phenoxy) is 1. The van der Waals surface area contributed by atoms with Crippen molar-refractivity contribution in [2.24, 2.45) is 0 Å². The highest BCUT2D eigenvalue weighted by Crippen LogP contribution is 2.29. The summed E-state index contributed by atoms with van der Waals surface area (Å²) >= 11 is 1.55. The normalized spacial score (nSPS) is 12.2. The summed E-state index contributed by atoms with van der Waals surface area (Å²) in [6.07, 6.45) is 1.24. The van der Waals surface area contributed by atoms with Gasteiger partial charge in [-0.3, -0.25) is 0 Å².